The summed E-state index contributed by atoms with van der Waals surface area (Å²) >= 11 is 0. The number of carbonyl (C=O) groups excluding carboxylic acids is 1. The van der Waals surface area contributed by atoms with Gasteiger partial charge in [0.1, 0.15) is 0 Å². The summed E-state index contributed by atoms with van der Waals surface area (Å²) in [5.41, 5.74) is 0.418. The molecule has 0 aromatic carbocycles. The standard InChI is InChI=1S/C17H32N2O.ClH/c1-13-9-14(12-17(2,3)11-13)10-16(20)19-7-5-15(18-4)6-8-19;/h13-15,18H,5-12H2,1-4H3;1H. The van der Waals surface area contributed by atoms with Gasteiger partial charge in [-0.1, -0.05) is 20.8 Å². The molecule has 1 aliphatic carbocycles. The smallest absolute Gasteiger partial charge is 0.222 e. The third-order valence-electron chi connectivity index (χ3n) is 5.20. The number of rotatable bonds is 3. The van der Waals surface area contributed by atoms with Gasteiger partial charge in [0.05, 0.1) is 0 Å². The lowest BCUT2D eigenvalue weighted by Crippen LogP contribution is -2.44. The van der Waals surface area contributed by atoms with Gasteiger partial charge in [0.25, 0.3) is 0 Å². The number of piperidine rings is 1. The molecule has 0 spiro atoms. The zero-order chi connectivity index (χ0) is 14.8. The molecule has 1 amide bonds. The Kier molecular flexibility index (Phi) is 6.99. The molecule has 1 aliphatic heterocycles. The van der Waals surface area contributed by atoms with Crippen LogP contribution in [0.15, 0.2) is 0 Å². The van der Waals surface area contributed by atoms with E-state index in [2.05, 4.69) is 31.0 Å². The molecule has 21 heavy (non-hydrogen) atoms. The van der Waals surface area contributed by atoms with Crippen LogP contribution in [0.25, 0.3) is 0 Å². The molecule has 2 aliphatic rings. The number of amides is 1. The van der Waals surface area contributed by atoms with Crippen molar-refractivity contribution >= 4 is 18.3 Å². The third-order valence-corrected chi connectivity index (χ3v) is 5.20. The lowest BCUT2D eigenvalue weighted by Gasteiger charge is -2.40. The molecular formula is C17H33ClN2O. The molecule has 124 valence electrons. The van der Waals surface area contributed by atoms with E-state index in [1.54, 1.807) is 0 Å². The van der Waals surface area contributed by atoms with Crippen molar-refractivity contribution in [2.45, 2.75) is 65.3 Å². The summed E-state index contributed by atoms with van der Waals surface area (Å²) in [6.45, 7) is 8.94. The maximum absolute atomic E-state index is 12.5. The fourth-order valence-corrected chi connectivity index (χ4v) is 4.49. The highest BCUT2D eigenvalue weighted by Crippen LogP contribution is 2.43. The quantitative estimate of drug-likeness (QED) is 0.864. The minimum atomic E-state index is 0. The first-order valence-corrected chi connectivity index (χ1v) is 8.34. The van der Waals surface area contributed by atoms with Crippen molar-refractivity contribution in [2.24, 2.45) is 17.3 Å². The lowest BCUT2D eigenvalue weighted by molar-refractivity contribution is -0.134. The summed E-state index contributed by atoms with van der Waals surface area (Å²) in [4.78, 5) is 14.6. The molecule has 2 atom stereocenters. The normalized spacial score (nSPS) is 29.8. The first-order valence-electron chi connectivity index (χ1n) is 8.34. The van der Waals surface area contributed by atoms with Gasteiger partial charge in [0, 0.05) is 25.6 Å². The minimum absolute atomic E-state index is 0. The van der Waals surface area contributed by atoms with E-state index in [4.69, 9.17) is 0 Å². The Morgan fingerprint density at radius 1 is 1.24 bits per heavy atom. The number of nitrogens with zero attached hydrogens (tertiary/aromatic N) is 1. The van der Waals surface area contributed by atoms with Gasteiger partial charge in [-0.3, -0.25) is 4.79 Å². The number of hydrogen-bond donors (Lipinski definition) is 1. The molecule has 2 unspecified atom stereocenters. The lowest BCUT2D eigenvalue weighted by atomic mass is 9.67. The second-order valence-corrected chi connectivity index (χ2v) is 7.93. The molecule has 4 heteroatoms. The molecule has 1 saturated carbocycles. The minimum Gasteiger partial charge on any atom is -0.343 e. The first kappa shape index (κ1) is 18.8. The number of nitrogens with one attached hydrogen (secondary N) is 1. The number of carbonyl (C=O) groups is 1. The summed E-state index contributed by atoms with van der Waals surface area (Å²) in [7, 11) is 2.02. The average molecular weight is 317 g/mol. The van der Waals surface area contributed by atoms with Crippen molar-refractivity contribution in [3.05, 3.63) is 0 Å². The van der Waals surface area contributed by atoms with Gasteiger partial charge in [-0.25, -0.2) is 0 Å². The topological polar surface area (TPSA) is 32.3 Å². The summed E-state index contributed by atoms with van der Waals surface area (Å²) in [5, 5.41) is 3.32. The van der Waals surface area contributed by atoms with Crippen LogP contribution in [0.3, 0.4) is 0 Å². The molecule has 1 heterocycles. The molecule has 0 aromatic heterocycles. The second kappa shape index (κ2) is 7.82. The maximum atomic E-state index is 12.5. The molecular weight excluding hydrogens is 284 g/mol. The highest BCUT2D eigenvalue weighted by atomic mass is 35.5. The van der Waals surface area contributed by atoms with Crippen LogP contribution in [0.2, 0.25) is 0 Å². The van der Waals surface area contributed by atoms with Crippen LogP contribution in [0.1, 0.15) is 59.3 Å². The van der Waals surface area contributed by atoms with Crippen LogP contribution >= 0.6 is 12.4 Å². The first-order chi connectivity index (χ1) is 9.39. The van der Waals surface area contributed by atoms with E-state index in [1.165, 1.54) is 19.3 Å². The SMILES string of the molecule is CNC1CCN(C(=O)CC2CC(C)CC(C)(C)C2)CC1.Cl. The Hall–Kier alpha value is -0.280. The summed E-state index contributed by atoms with van der Waals surface area (Å²) in [6, 6.07) is 0.604. The Balaban J connectivity index is 0.00000220. The number of halogens is 1. The molecule has 3 nitrogen and oxygen atoms in total. The molecule has 1 saturated heterocycles. The van der Waals surface area contributed by atoms with Crippen LogP contribution < -0.4 is 5.32 Å². The molecule has 2 fully saturated rings. The summed E-state index contributed by atoms with van der Waals surface area (Å²) in [5.74, 6) is 1.77. The van der Waals surface area contributed by atoms with Gasteiger partial charge in [-0.2, -0.15) is 0 Å². The fourth-order valence-electron chi connectivity index (χ4n) is 4.49. The zero-order valence-corrected chi connectivity index (χ0v) is 15.0. The van der Waals surface area contributed by atoms with E-state index < -0.39 is 0 Å². The number of hydrogen-bond acceptors (Lipinski definition) is 2. The Bertz CT molecular complexity index is 338. The predicted octanol–water partition coefficient (Wildman–Crippen LogP) is 3.47. The van der Waals surface area contributed by atoms with Gasteiger partial charge in [0.2, 0.25) is 5.91 Å². The van der Waals surface area contributed by atoms with Crippen molar-refractivity contribution in [2.75, 3.05) is 20.1 Å². The largest absolute Gasteiger partial charge is 0.343 e. The van der Waals surface area contributed by atoms with E-state index in [0.717, 1.165) is 38.3 Å². The fraction of sp³-hybridized carbons (Fsp3) is 0.941. The second-order valence-electron chi connectivity index (χ2n) is 7.93. The Morgan fingerprint density at radius 2 is 1.86 bits per heavy atom. The van der Waals surface area contributed by atoms with Gasteiger partial charge >= 0.3 is 0 Å². The van der Waals surface area contributed by atoms with E-state index in [1.807, 2.05) is 7.05 Å². The van der Waals surface area contributed by atoms with Gasteiger partial charge in [-0.05, 0) is 56.4 Å². The van der Waals surface area contributed by atoms with Crippen LogP contribution in [0, 0.1) is 17.3 Å². The van der Waals surface area contributed by atoms with E-state index >= 15 is 0 Å². The van der Waals surface area contributed by atoms with E-state index in [0.29, 0.717) is 23.3 Å². The third kappa shape index (κ3) is 5.45. The summed E-state index contributed by atoms with van der Waals surface area (Å²) < 4.78 is 0. The van der Waals surface area contributed by atoms with Crippen LogP contribution in [0.5, 0.6) is 0 Å². The molecule has 2 rings (SSSR count). The van der Waals surface area contributed by atoms with Crippen LogP contribution in [-0.2, 0) is 4.79 Å². The average Bonchev–Trinajstić information content (AvgIpc) is 2.36. The van der Waals surface area contributed by atoms with Gasteiger partial charge in [-0.15, -0.1) is 12.4 Å². The van der Waals surface area contributed by atoms with E-state index in [9.17, 15) is 4.79 Å². The van der Waals surface area contributed by atoms with Gasteiger partial charge in [0.15, 0.2) is 0 Å². The number of likely N-dealkylation sites (tertiary alicyclic amines) is 1. The summed E-state index contributed by atoms with van der Waals surface area (Å²) in [6.07, 6.45) is 6.76. The molecule has 0 bridgehead atoms. The molecule has 1 N–H and O–H groups in total. The monoisotopic (exact) mass is 316 g/mol. The van der Waals surface area contributed by atoms with Crippen LogP contribution in [-0.4, -0.2) is 37.0 Å². The van der Waals surface area contributed by atoms with Gasteiger partial charge < -0.3 is 10.2 Å². The Labute approximate surface area is 136 Å². The van der Waals surface area contributed by atoms with Crippen LogP contribution in [0.4, 0.5) is 0 Å². The van der Waals surface area contributed by atoms with Crippen molar-refractivity contribution in [3.8, 4) is 0 Å². The zero-order valence-electron chi connectivity index (χ0n) is 14.2. The van der Waals surface area contributed by atoms with Crippen molar-refractivity contribution in [1.82, 2.24) is 10.2 Å². The van der Waals surface area contributed by atoms with E-state index in [-0.39, 0.29) is 12.4 Å². The Morgan fingerprint density at radius 3 is 2.38 bits per heavy atom. The van der Waals surface area contributed by atoms with Crippen molar-refractivity contribution in [1.29, 1.82) is 0 Å². The highest BCUT2D eigenvalue weighted by molar-refractivity contribution is 5.85. The van der Waals surface area contributed by atoms with Crippen molar-refractivity contribution < 1.29 is 4.79 Å². The predicted molar refractivity (Wildman–Crippen MR) is 90.8 cm³/mol. The van der Waals surface area contributed by atoms with Crippen molar-refractivity contribution in [3.63, 3.8) is 0 Å². The maximum Gasteiger partial charge on any atom is 0.222 e. The molecule has 0 radical (unpaired) electrons. The highest BCUT2D eigenvalue weighted by Gasteiger charge is 2.34. The molecule has 0 aromatic rings.